The first-order valence-electron chi connectivity index (χ1n) is 9.81. The molecule has 0 unspecified atom stereocenters. The van der Waals surface area contributed by atoms with Crippen molar-refractivity contribution in [3.63, 3.8) is 0 Å². The molecule has 1 heterocycles. The number of allylic oxidation sites excluding steroid dienone is 2. The largest absolute Gasteiger partial charge is 0.507 e. The molecule has 2 atom stereocenters. The number of fused-ring (bicyclic) bond motifs is 3. The fourth-order valence-corrected chi connectivity index (χ4v) is 4.65. The predicted molar refractivity (Wildman–Crippen MR) is 104 cm³/mol. The van der Waals surface area contributed by atoms with Crippen LogP contribution >= 0.6 is 0 Å². The third-order valence-corrected chi connectivity index (χ3v) is 6.03. The van der Waals surface area contributed by atoms with Crippen LogP contribution in [-0.4, -0.2) is 16.6 Å². The van der Waals surface area contributed by atoms with Crippen molar-refractivity contribution in [2.75, 3.05) is 0 Å². The first-order chi connectivity index (χ1) is 12.3. The standard InChI is InChI=1S/C22H31NO3/c1-5-6-7-8-14-12-17-19(20(24)18(14)21(23)25)15-11-13(2)9-10-16(15)22(3,4)26-17/h11-12,15-16,24H,5-10H2,1-4H3,(H2,23,25)/t15-,16-/m1/s1. The normalized spacial score (nSPS) is 23.5. The molecule has 0 radical (unpaired) electrons. The number of unbranched alkanes of at least 4 members (excludes halogenated alkanes) is 2. The Morgan fingerprint density at radius 1 is 1.38 bits per heavy atom. The summed E-state index contributed by atoms with van der Waals surface area (Å²) >= 11 is 0. The van der Waals surface area contributed by atoms with E-state index in [0.29, 0.717) is 5.75 Å². The molecule has 3 rings (SSSR count). The van der Waals surface area contributed by atoms with Gasteiger partial charge in [-0.2, -0.15) is 0 Å². The topological polar surface area (TPSA) is 72.5 Å². The Balaban J connectivity index is 2.15. The van der Waals surface area contributed by atoms with Gasteiger partial charge in [-0.25, -0.2) is 0 Å². The van der Waals surface area contributed by atoms with Crippen molar-refractivity contribution in [3.05, 3.63) is 34.4 Å². The highest BCUT2D eigenvalue weighted by Gasteiger charge is 2.46. The molecule has 2 aliphatic rings. The Bertz CT molecular complexity index is 748. The van der Waals surface area contributed by atoms with E-state index in [1.165, 1.54) is 5.57 Å². The van der Waals surface area contributed by atoms with Crippen molar-refractivity contribution in [2.45, 2.75) is 77.7 Å². The number of hydrogen-bond donors (Lipinski definition) is 2. The summed E-state index contributed by atoms with van der Waals surface area (Å²) in [5, 5.41) is 11.0. The van der Waals surface area contributed by atoms with Gasteiger partial charge < -0.3 is 15.6 Å². The minimum absolute atomic E-state index is 0.0259. The number of primary amides is 1. The minimum atomic E-state index is -0.560. The maximum Gasteiger partial charge on any atom is 0.252 e. The number of rotatable bonds is 5. The van der Waals surface area contributed by atoms with Crippen LogP contribution in [0.2, 0.25) is 0 Å². The number of ether oxygens (including phenoxy) is 1. The van der Waals surface area contributed by atoms with E-state index in [1.807, 2.05) is 6.07 Å². The molecule has 0 aromatic heterocycles. The second-order valence-electron chi connectivity index (χ2n) is 8.38. The molecule has 3 N–H and O–H groups in total. The van der Waals surface area contributed by atoms with Crippen LogP contribution < -0.4 is 10.5 Å². The van der Waals surface area contributed by atoms with E-state index in [4.69, 9.17) is 10.5 Å². The van der Waals surface area contributed by atoms with Crippen LogP contribution in [-0.2, 0) is 6.42 Å². The highest BCUT2D eigenvalue weighted by molar-refractivity contribution is 5.98. The first kappa shape index (κ1) is 18.8. The van der Waals surface area contributed by atoms with Gasteiger partial charge in [-0.3, -0.25) is 4.79 Å². The van der Waals surface area contributed by atoms with Crippen molar-refractivity contribution >= 4 is 5.91 Å². The van der Waals surface area contributed by atoms with Crippen molar-refractivity contribution in [2.24, 2.45) is 11.7 Å². The number of nitrogens with two attached hydrogens (primary N) is 1. The van der Waals surface area contributed by atoms with Crippen LogP contribution in [0.3, 0.4) is 0 Å². The molecule has 26 heavy (non-hydrogen) atoms. The molecule has 1 aliphatic heterocycles. The van der Waals surface area contributed by atoms with Gasteiger partial charge in [0, 0.05) is 17.4 Å². The SMILES string of the molecule is CCCCCc1cc2c(c(O)c1C(N)=O)[C@@H]1C=C(C)CC[C@H]1C(C)(C)O2. The molecular weight excluding hydrogens is 326 g/mol. The van der Waals surface area contributed by atoms with Crippen molar-refractivity contribution in [3.8, 4) is 11.5 Å². The smallest absolute Gasteiger partial charge is 0.252 e. The molecule has 0 spiro atoms. The summed E-state index contributed by atoms with van der Waals surface area (Å²) in [6.45, 7) is 8.52. The predicted octanol–water partition coefficient (Wildman–Crippen LogP) is 4.83. The zero-order chi connectivity index (χ0) is 19.1. The van der Waals surface area contributed by atoms with E-state index in [9.17, 15) is 9.90 Å². The Hall–Kier alpha value is -1.97. The number of carbonyl (C=O) groups is 1. The van der Waals surface area contributed by atoms with Crippen molar-refractivity contribution < 1.29 is 14.6 Å². The van der Waals surface area contributed by atoms with Crippen molar-refractivity contribution in [1.82, 2.24) is 0 Å². The van der Waals surface area contributed by atoms with Crippen LogP contribution in [0.25, 0.3) is 0 Å². The third-order valence-electron chi connectivity index (χ3n) is 6.03. The van der Waals surface area contributed by atoms with Gasteiger partial charge >= 0.3 is 0 Å². The van der Waals surface area contributed by atoms with Crippen molar-refractivity contribution in [1.29, 1.82) is 0 Å². The number of aromatic hydroxyl groups is 1. The number of phenols is 1. The Morgan fingerprint density at radius 2 is 2.12 bits per heavy atom. The number of hydrogen-bond acceptors (Lipinski definition) is 3. The number of amides is 1. The zero-order valence-corrected chi connectivity index (χ0v) is 16.4. The van der Waals surface area contributed by atoms with Gasteiger partial charge in [-0.1, -0.05) is 31.4 Å². The summed E-state index contributed by atoms with van der Waals surface area (Å²) in [7, 11) is 0. The van der Waals surface area contributed by atoms with E-state index in [2.05, 4.69) is 33.8 Å². The van der Waals surface area contributed by atoms with Gasteiger partial charge in [0.15, 0.2) is 0 Å². The van der Waals surface area contributed by atoms with Crippen LogP contribution in [0.5, 0.6) is 11.5 Å². The van der Waals surface area contributed by atoms with E-state index in [-0.39, 0.29) is 28.7 Å². The average Bonchev–Trinajstić information content (AvgIpc) is 2.53. The molecule has 1 aromatic rings. The lowest BCUT2D eigenvalue weighted by Crippen LogP contribution is -2.45. The zero-order valence-electron chi connectivity index (χ0n) is 16.4. The van der Waals surface area contributed by atoms with Crippen LogP contribution in [0, 0.1) is 5.92 Å². The summed E-state index contributed by atoms with van der Waals surface area (Å²) in [6.07, 6.45) is 8.15. The summed E-state index contributed by atoms with van der Waals surface area (Å²) in [4.78, 5) is 12.1. The lowest BCUT2D eigenvalue weighted by molar-refractivity contribution is 0.0107. The summed E-state index contributed by atoms with van der Waals surface area (Å²) in [5.41, 5.74) is 8.47. The summed E-state index contributed by atoms with van der Waals surface area (Å²) in [5.74, 6) is 0.505. The van der Waals surface area contributed by atoms with Crippen LogP contribution in [0.4, 0.5) is 0 Å². The van der Waals surface area contributed by atoms with E-state index in [0.717, 1.165) is 49.7 Å². The number of carbonyl (C=O) groups excluding carboxylic acids is 1. The van der Waals surface area contributed by atoms with Gasteiger partial charge in [0.1, 0.15) is 17.1 Å². The second kappa shape index (κ2) is 6.98. The number of benzene rings is 1. The molecule has 4 nitrogen and oxygen atoms in total. The first-order valence-corrected chi connectivity index (χ1v) is 9.81. The molecular formula is C22H31NO3. The molecule has 4 heteroatoms. The van der Waals surface area contributed by atoms with E-state index < -0.39 is 5.91 Å². The Labute approximate surface area is 156 Å². The fraction of sp³-hybridized carbons (Fsp3) is 0.591. The van der Waals surface area contributed by atoms with Crippen LogP contribution in [0.1, 0.15) is 87.2 Å². The van der Waals surface area contributed by atoms with Crippen LogP contribution in [0.15, 0.2) is 17.7 Å². The van der Waals surface area contributed by atoms with E-state index in [1.54, 1.807) is 0 Å². The molecule has 1 aliphatic carbocycles. The molecule has 1 aromatic carbocycles. The minimum Gasteiger partial charge on any atom is -0.507 e. The third kappa shape index (κ3) is 3.22. The lowest BCUT2D eigenvalue weighted by Gasteiger charge is -2.46. The second-order valence-corrected chi connectivity index (χ2v) is 8.38. The van der Waals surface area contributed by atoms with Gasteiger partial charge in [-0.05, 0) is 58.1 Å². The van der Waals surface area contributed by atoms with Gasteiger partial charge in [0.25, 0.3) is 5.91 Å². The highest BCUT2D eigenvalue weighted by Crippen LogP contribution is 2.54. The molecule has 0 saturated heterocycles. The Kier molecular flexibility index (Phi) is 5.05. The maximum absolute atomic E-state index is 12.1. The summed E-state index contributed by atoms with van der Waals surface area (Å²) < 4.78 is 6.35. The molecule has 0 fully saturated rings. The fourth-order valence-electron chi connectivity index (χ4n) is 4.65. The molecule has 142 valence electrons. The molecule has 1 amide bonds. The quantitative estimate of drug-likeness (QED) is 0.585. The van der Waals surface area contributed by atoms with Gasteiger partial charge in [0.2, 0.25) is 0 Å². The average molecular weight is 357 g/mol. The Morgan fingerprint density at radius 3 is 2.77 bits per heavy atom. The lowest BCUT2D eigenvalue weighted by atomic mass is 9.67. The monoisotopic (exact) mass is 357 g/mol. The number of aryl methyl sites for hydroxylation is 1. The van der Waals surface area contributed by atoms with E-state index >= 15 is 0 Å². The maximum atomic E-state index is 12.1. The summed E-state index contributed by atoms with van der Waals surface area (Å²) in [6, 6.07) is 1.94. The van der Waals surface area contributed by atoms with Gasteiger partial charge in [-0.15, -0.1) is 0 Å². The molecule has 0 saturated carbocycles. The molecule has 0 bridgehead atoms. The highest BCUT2D eigenvalue weighted by atomic mass is 16.5. The van der Waals surface area contributed by atoms with Gasteiger partial charge in [0.05, 0.1) is 5.56 Å².